The standard InChI is InChI=1S/C19H24N6O2S2/c1-4-26-14(27-5-2)10-28-19-22-21-18-24(19)17-15(16-20-11(3)23-25(16)18)12-8-6-7-9-13(12)29-17/h14H,4-10H2,1-3H3. The molecule has 154 valence electrons. The molecule has 0 spiro atoms. The minimum atomic E-state index is -0.258. The highest BCUT2D eigenvalue weighted by atomic mass is 32.2. The second-order valence-electron chi connectivity index (χ2n) is 7.05. The zero-order valence-electron chi connectivity index (χ0n) is 16.8. The van der Waals surface area contributed by atoms with Crippen LogP contribution in [0.2, 0.25) is 0 Å². The van der Waals surface area contributed by atoms with E-state index in [9.17, 15) is 0 Å². The third-order valence-corrected chi connectivity index (χ3v) is 7.39. The van der Waals surface area contributed by atoms with Gasteiger partial charge in [0.15, 0.2) is 17.1 Å². The topological polar surface area (TPSA) is 78.8 Å². The largest absolute Gasteiger partial charge is 0.352 e. The second-order valence-corrected chi connectivity index (χ2v) is 9.13. The van der Waals surface area contributed by atoms with Crippen molar-refractivity contribution >= 4 is 44.7 Å². The highest BCUT2D eigenvalue weighted by Crippen LogP contribution is 2.39. The summed E-state index contributed by atoms with van der Waals surface area (Å²) in [6, 6.07) is 0. The average Bonchev–Trinajstić information content (AvgIpc) is 3.40. The van der Waals surface area contributed by atoms with Gasteiger partial charge in [0.05, 0.1) is 11.1 Å². The summed E-state index contributed by atoms with van der Waals surface area (Å²) in [5, 5.41) is 15.6. The number of rotatable bonds is 7. The summed E-state index contributed by atoms with van der Waals surface area (Å²) in [6.45, 7) is 7.12. The Morgan fingerprint density at radius 3 is 2.72 bits per heavy atom. The van der Waals surface area contributed by atoms with Crippen molar-refractivity contribution in [3.63, 3.8) is 0 Å². The summed E-state index contributed by atoms with van der Waals surface area (Å²) in [5.41, 5.74) is 2.33. The summed E-state index contributed by atoms with van der Waals surface area (Å²) in [7, 11) is 0. The Balaban J connectivity index is 1.67. The van der Waals surface area contributed by atoms with E-state index in [1.807, 2.05) is 36.6 Å². The SMILES string of the molecule is CCOC(CSc1nnc2n3nc(C)nc3c3c4c(sc3n12)CCCC4)OCC. The molecule has 0 saturated heterocycles. The lowest BCUT2D eigenvalue weighted by molar-refractivity contribution is -0.120. The molecule has 10 heteroatoms. The lowest BCUT2D eigenvalue weighted by Crippen LogP contribution is -2.20. The summed E-state index contributed by atoms with van der Waals surface area (Å²) >= 11 is 3.46. The maximum atomic E-state index is 5.69. The Bertz CT molecular complexity index is 1170. The third-order valence-electron chi connectivity index (χ3n) is 5.15. The van der Waals surface area contributed by atoms with E-state index in [0.29, 0.717) is 24.7 Å². The summed E-state index contributed by atoms with van der Waals surface area (Å²) in [4.78, 5) is 7.37. The van der Waals surface area contributed by atoms with Gasteiger partial charge in [-0.1, -0.05) is 11.8 Å². The van der Waals surface area contributed by atoms with Crippen molar-refractivity contribution in [3.05, 3.63) is 16.3 Å². The first-order chi connectivity index (χ1) is 14.2. The summed E-state index contributed by atoms with van der Waals surface area (Å²) < 4.78 is 15.4. The molecule has 0 bridgehead atoms. The number of aromatic nitrogens is 6. The molecule has 29 heavy (non-hydrogen) atoms. The minimum absolute atomic E-state index is 0.258. The molecule has 8 nitrogen and oxygen atoms in total. The van der Waals surface area contributed by atoms with Crippen molar-refractivity contribution < 1.29 is 9.47 Å². The molecule has 1 aliphatic carbocycles. The molecule has 5 rings (SSSR count). The maximum absolute atomic E-state index is 5.69. The predicted molar refractivity (Wildman–Crippen MR) is 114 cm³/mol. The Morgan fingerprint density at radius 1 is 1.14 bits per heavy atom. The van der Waals surface area contributed by atoms with Crippen LogP contribution >= 0.6 is 23.1 Å². The molecule has 4 aromatic heterocycles. The molecule has 0 N–H and O–H groups in total. The van der Waals surface area contributed by atoms with Crippen molar-refractivity contribution in [2.75, 3.05) is 19.0 Å². The zero-order chi connectivity index (χ0) is 20.0. The van der Waals surface area contributed by atoms with Crippen LogP contribution in [0.5, 0.6) is 0 Å². The van der Waals surface area contributed by atoms with Gasteiger partial charge >= 0.3 is 0 Å². The van der Waals surface area contributed by atoms with Gasteiger partial charge in [-0.05, 0) is 52.0 Å². The van der Waals surface area contributed by atoms with Gasteiger partial charge in [0.25, 0.3) is 5.78 Å². The van der Waals surface area contributed by atoms with E-state index in [1.165, 1.54) is 33.5 Å². The number of ether oxygens (including phenoxy) is 2. The average molecular weight is 433 g/mol. The molecular weight excluding hydrogens is 408 g/mol. The molecule has 0 atom stereocenters. The van der Waals surface area contributed by atoms with E-state index in [1.54, 1.807) is 11.8 Å². The molecule has 0 saturated carbocycles. The van der Waals surface area contributed by atoms with Gasteiger partial charge in [-0.2, -0.15) is 4.52 Å². The fourth-order valence-electron chi connectivity index (χ4n) is 3.99. The molecule has 0 unspecified atom stereocenters. The molecular formula is C19H24N6O2S2. The van der Waals surface area contributed by atoms with Gasteiger partial charge in [-0.15, -0.1) is 26.6 Å². The number of nitrogens with zero attached hydrogens (tertiary/aromatic N) is 6. The van der Waals surface area contributed by atoms with Crippen LogP contribution in [-0.2, 0) is 22.3 Å². The minimum Gasteiger partial charge on any atom is -0.352 e. The Morgan fingerprint density at radius 2 is 1.93 bits per heavy atom. The predicted octanol–water partition coefficient (Wildman–Crippen LogP) is 3.67. The highest BCUT2D eigenvalue weighted by Gasteiger charge is 2.25. The van der Waals surface area contributed by atoms with Crippen LogP contribution in [0.4, 0.5) is 0 Å². The number of thiophene rings is 1. The Labute approximate surface area is 176 Å². The van der Waals surface area contributed by atoms with E-state index in [4.69, 9.17) is 14.5 Å². The molecule has 0 radical (unpaired) electrons. The van der Waals surface area contributed by atoms with Crippen molar-refractivity contribution in [1.29, 1.82) is 0 Å². The molecule has 1 aliphatic rings. The number of fused-ring (bicyclic) bond motifs is 8. The first kappa shape index (κ1) is 19.2. The Kier molecular flexibility index (Phi) is 5.19. The van der Waals surface area contributed by atoms with Gasteiger partial charge in [-0.3, -0.25) is 0 Å². The first-order valence-corrected chi connectivity index (χ1v) is 11.9. The van der Waals surface area contributed by atoms with Crippen LogP contribution in [0.25, 0.3) is 21.6 Å². The van der Waals surface area contributed by atoms with E-state index in [2.05, 4.69) is 19.7 Å². The van der Waals surface area contributed by atoms with E-state index >= 15 is 0 Å². The zero-order valence-corrected chi connectivity index (χ0v) is 18.5. The number of aryl methyl sites for hydroxylation is 3. The number of hydrogen-bond donors (Lipinski definition) is 0. The van der Waals surface area contributed by atoms with Gasteiger partial charge in [0.1, 0.15) is 10.7 Å². The van der Waals surface area contributed by atoms with Crippen LogP contribution in [-0.4, -0.2) is 54.5 Å². The van der Waals surface area contributed by atoms with Crippen LogP contribution in [0.3, 0.4) is 0 Å². The smallest absolute Gasteiger partial charge is 0.260 e. The Hall–Kier alpha value is -1.75. The summed E-state index contributed by atoms with van der Waals surface area (Å²) in [6.07, 6.45) is 4.45. The fourth-order valence-corrected chi connectivity index (χ4v) is 6.30. The van der Waals surface area contributed by atoms with Crippen LogP contribution in [0, 0.1) is 6.92 Å². The molecule has 0 fully saturated rings. The second kappa shape index (κ2) is 7.82. The van der Waals surface area contributed by atoms with E-state index in [0.717, 1.165) is 29.5 Å². The molecule has 4 aromatic rings. The van der Waals surface area contributed by atoms with Crippen molar-refractivity contribution in [1.82, 2.24) is 29.2 Å². The van der Waals surface area contributed by atoms with Crippen molar-refractivity contribution in [2.24, 2.45) is 0 Å². The number of thioether (sulfide) groups is 1. The van der Waals surface area contributed by atoms with Crippen molar-refractivity contribution in [3.8, 4) is 0 Å². The quantitative estimate of drug-likeness (QED) is 0.326. The maximum Gasteiger partial charge on any atom is 0.260 e. The normalized spacial score (nSPS) is 14.6. The van der Waals surface area contributed by atoms with Crippen LogP contribution in [0.1, 0.15) is 43.0 Å². The van der Waals surface area contributed by atoms with E-state index < -0.39 is 0 Å². The van der Waals surface area contributed by atoms with E-state index in [-0.39, 0.29) is 6.29 Å². The molecule has 0 aromatic carbocycles. The van der Waals surface area contributed by atoms with Crippen LogP contribution < -0.4 is 0 Å². The summed E-state index contributed by atoms with van der Waals surface area (Å²) in [5.74, 6) is 2.11. The van der Waals surface area contributed by atoms with Gasteiger partial charge < -0.3 is 9.47 Å². The lowest BCUT2D eigenvalue weighted by Gasteiger charge is -2.15. The lowest BCUT2D eigenvalue weighted by atomic mass is 9.97. The van der Waals surface area contributed by atoms with Gasteiger partial charge in [0, 0.05) is 18.1 Å². The van der Waals surface area contributed by atoms with Crippen LogP contribution in [0.15, 0.2) is 5.16 Å². The fraction of sp³-hybridized carbons (Fsp3) is 0.579. The van der Waals surface area contributed by atoms with Crippen molar-refractivity contribution in [2.45, 2.75) is 57.9 Å². The third kappa shape index (κ3) is 3.22. The van der Waals surface area contributed by atoms with Gasteiger partial charge in [-0.25, -0.2) is 9.38 Å². The monoisotopic (exact) mass is 432 g/mol. The number of hydrogen-bond acceptors (Lipinski definition) is 8. The molecule has 0 aliphatic heterocycles. The molecule has 0 amide bonds. The first-order valence-electron chi connectivity index (χ1n) is 10.1. The van der Waals surface area contributed by atoms with Gasteiger partial charge in [0.2, 0.25) is 0 Å². The molecule has 4 heterocycles. The highest BCUT2D eigenvalue weighted by molar-refractivity contribution is 7.99.